The maximum Gasteiger partial charge on any atom is 0.166 e. The molecule has 2 aromatic carbocycles. The first-order valence-corrected chi connectivity index (χ1v) is 6.96. The van der Waals surface area contributed by atoms with E-state index >= 15 is 0 Å². The maximum absolute atomic E-state index is 14.2. The molecule has 2 rings (SSSR count). The molecule has 0 atom stereocenters. The first kappa shape index (κ1) is 14.9. The monoisotopic (exact) mass is 281 g/mol. The van der Waals surface area contributed by atoms with E-state index in [4.69, 9.17) is 0 Å². The molecule has 0 saturated carbocycles. The average Bonchev–Trinajstić information content (AvgIpc) is 2.53. The highest BCUT2D eigenvalue weighted by Gasteiger charge is 2.17. The van der Waals surface area contributed by atoms with E-state index in [1.807, 2.05) is 37.3 Å². The van der Waals surface area contributed by atoms with Gasteiger partial charge in [-0.25, -0.2) is 4.39 Å². The number of aryl methyl sites for hydroxylation is 1. The number of carbonyl (C=O) groups is 1. The van der Waals surface area contributed by atoms with Crippen LogP contribution < -0.4 is 0 Å². The summed E-state index contributed by atoms with van der Waals surface area (Å²) in [5, 5.41) is 9.19. The number of nitrogens with zero attached hydrogens (tertiary/aromatic N) is 1. The molecule has 0 aliphatic carbocycles. The largest absolute Gasteiger partial charge is 0.294 e. The van der Waals surface area contributed by atoms with Gasteiger partial charge in [-0.05, 0) is 35.2 Å². The van der Waals surface area contributed by atoms with Crippen LogP contribution in [0.3, 0.4) is 0 Å². The van der Waals surface area contributed by atoms with Crippen molar-refractivity contribution >= 4 is 5.78 Å². The minimum Gasteiger partial charge on any atom is -0.294 e. The number of benzene rings is 2. The van der Waals surface area contributed by atoms with Crippen LogP contribution >= 0.6 is 0 Å². The minimum atomic E-state index is -0.627. The average molecular weight is 281 g/mol. The molecule has 0 heterocycles. The lowest BCUT2D eigenvalue weighted by Gasteiger charge is -2.09. The molecule has 0 aliphatic heterocycles. The number of Topliss-reactive ketones (excluding diaryl/α,β-unsaturated/α-hetero) is 1. The number of rotatable bonds is 4. The molecule has 0 amide bonds. The molecule has 0 aliphatic rings. The van der Waals surface area contributed by atoms with Gasteiger partial charge in [-0.3, -0.25) is 4.79 Å². The van der Waals surface area contributed by atoms with Crippen molar-refractivity contribution in [2.75, 3.05) is 0 Å². The fraction of sp³-hybridized carbons (Fsp3) is 0.222. The van der Waals surface area contributed by atoms with Gasteiger partial charge in [-0.1, -0.05) is 38.1 Å². The molecule has 0 saturated heterocycles. The van der Waals surface area contributed by atoms with Crippen LogP contribution in [0.25, 0.3) is 11.1 Å². The second-order valence-corrected chi connectivity index (χ2v) is 4.82. The van der Waals surface area contributed by atoms with Crippen LogP contribution in [0, 0.1) is 17.1 Å². The van der Waals surface area contributed by atoms with E-state index in [-0.39, 0.29) is 23.3 Å². The Morgan fingerprint density at radius 3 is 2.57 bits per heavy atom. The number of hydrogen-bond acceptors (Lipinski definition) is 2. The van der Waals surface area contributed by atoms with Crippen molar-refractivity contribution in [1.82, 2.24) is 0 Å². The molecular formula is C18H16FNO. The van der Waals surface area contributed by atoms with E-state index in [0.717, 1.165) is 17.5 Å². The molecule has 3 heteroatoms. The predicted molar refractivity (Wildman–Crippen MR) is 80.6 cm³/mol. The minimum absolute atomic E-state index is 0.0961. The molecule has 2 nitrogen and oxygen atoms in total. The second-order valence-electron chi connectivity index (χ2n) is 4.82. The quantitative estimate of drug-likeness (QED) is 0.773. The first-order valence-electron chi connectivity index (χ1n) is 6.96. The molecule has 2 aromatic rings. The van der Waals surface area contributed by atoms with E-state index in [9.17, 15) is 14.4 Å². The van der Waals surface area contributed by atoms with Gasteiger partial charge in [0, 0.05) is 6.42 Å². The van der Waals surface area contributed by atoms with Gasteiger partial charge in [0.15, 0.2) is 5.78 Å². The zero-order chi connectivity index (χ0) is 15.4. The van der Waals surface area contributed by atoms with Gasteiger partial charge in [0.1, 0.15) is 11.9 Å². The van der Waals surface area contributed by atoms with Crippen LogP contribution in [0.5, 0.6) is 0 Å². The Morgan fingerprint density at radius 2 is 1.95 bits per heavy atom. The van der Waals surface area contributed by atoms with Crippen LogP contribution in [0.1, 0.15) is 41.8 Å². The molecule has 0 radical (unpaired) electrons. The third-order valence-corrected chi connectivity index (χ3v) is 3.48. The molecule has 0 unspecified atom stereocenters. The van der Waals surface area contributed by atoms with Crippen molar-refractivity contribution in [3.63, 3.8) is 0 Å². The van der Waals surface area contributed by atoms with Crippen LogP contribution in [0.2, 0.25) is 0 Å². The summed E-state index contributed by atoms with van der Waals surface area (Å²) in [6.45, 7) is 3.70. The standard InChI is InChI=1S/C18H16FNO/c1-3-12-6-5-7-13(8-12)14-9-15(11-20)18(16(19)10-14)17(21)4-2/h5-10H,3-4H2,1-2H3. The third-order valence-electron chi connectivity index (χ3n) is 3.48. The summed E-state index contributed by atoms with van der Waals surface area (Å²) in [4.78, 5) is 11.8. The van der Waals surface area contributed by atoms with Gasteiger partial charge in [0.25, 0.3) is 0 Å². The summed E-state index contributed by atoms with van der Waals surface area (Å²) in [7, 11) is 0. The van der Waals surface area contributed by atoms with Gasteiger partial charge in [-0.15, -0.1) is 0 Å². The molecule has 0 fully saturated rings. The SMILES string of the molecule is CCC(=O)c1c(F)cc(-c2cccc(CC)c2)cc1C#N. The Balaban J connectivity index is 2.59. The zero-order valence-electron chi connectivity index (χ0n) is 12.1. The van der Waals surface area contributed by atoms with E-state index in [2.05, 4.69) is 0 Å². The summed E-state index contributed by atoms with van der Waals surface area (Å²) in [5.74, 6) is -0.976. The van der Waals surface area contributed by atoms with E-state index in [0.29, 0.717) is 5.56 Å². The Hall–Kier alpha value is -2.47. The third kappa shape index (κ3) is 3.00. The first-order chi connectivity index (χ1) is 10.1. The van der Waals surface area contributed by atoms with Crippen molar-refractivity contribution in [1.29, 1.82) is 5.26 Å². The van der Waals surface area contributed by atoms with Crippen molar-refractivity contribution in [3.05, 3.63) is 58.9 Å². The normalized spacial score (nSPS) is 10.2. The van der Waals surface area contributed by atoms with E-state index in [1.165, 1.54) is 6.07 Å². The Morgan fingerprint density at radius 1 is 1.19 bits per heavy atom. The summed E-state index contributed by atoms with van der Waals surface area (Å²) < 4.78 is 14.2. The number of nitriles is 1. The van der Waals surface area contributed by atoms with Gasteiger partial charge in [0.2, 0.25) is 0 Å². The Labute approximate surface area is 123 Å². The van der Waals surface area contributed by atoms with E-state index in [1.54, 1.807) is 13.0 Å². The highest BCUT2D eigenvalue weighted by atomic mass is 19.1. The second kappa shape index (κ2) is 6.32. The Kier molecular flexibility index (Phi) is 4.49. The molecule has 0 spiro atoms. The maximum atomic E-state index is 14.2. The van der Waals surface area contributed by atoms with Crippen molar-refractivity contribution in [3.8, 4) is 17.2 Å². The zero-order valence-corrected chi connectivity index (χ0v) is 12.1. The smallest absolute Gasteiger partial charge is 0.166 e. The topological polar surface area (TPSA) is 40.9 Å². The Bertz CT molecular complexity index is 728. The summed E-state index contributed by atoms with van der Waals surface area (Å²) in [5.41, 5.74) is 2.60. The molecular weight excluding hydrogens is 265 g/mol. The summed E-state index contributed by atoms with van der Waals surface area (Å²) in [6, 6.07) is 12.6. The number of ketones is 1. The lowest BCUT2D eigenvalue weighted by molar-refractivity contribution is 0.0984. The molecule has 106 valence electrons. The lowest BCUT2D eigenvalue weighted by Crippen LogP contribution is -2.04. The van der Waals surface area contributed by atoms with Gasteiger partial charge < -0.3 is 0 Å². The van der Waals surface area contributed by atoms with Crippen molar-refractivity contribution in [2.45, 2.75) is 26.7 Å². The van der Waals surface area contributed by atoms with Gasteiger partial charge >= 0.3 is 0 Å². The molecule has 21 heavy (non-hydrogen) atoms. The van der Waals surface area contributed by atoms with Gasteiger partial charge in [0.05, 0.1) is 11.1 Å². The summed E-state index contributed by atoms with van der Waals surface area (Å²) >= 11 is 0. The van der Waals surface area contributed by atoms with Crippen molar-refractivity contribution < 1.29 is 9.18 Å². The molecule has 0 aromatic heterocycles. The van der Waals surface area contributed by atoms with Crippen LogP contribution in [-0.2, 0) is 6.42 Å². The highest BCUT2D eigenvalue weighted by Crippen LogP contribution is 2.26. The fourth-order valence-electron chi connectivity index (χ4n) is 2.29. The number of halogens is 1. The molecule has 0 N–H and O–H groups in total. The molecule has 0 bridgehead atoms. The highest BCUT2D eigenvalue weighted by molar-refractivity contribution is 5.99. The lowest BCUT2D eigenvalue weighted by atomic mass is 9.95. The van der Waals surface area contributed by atoms with E-state index < -0.39 is 5.82 Å². The number of carbonyl (C=O) groups excluding carboxylic acids is 1. The van der Waals surface area contributed by atoms with Crippen LogP contribution in [-0.4, -0.2) is 5.78 Å². The number of hydrogen-bond donors (Lipinski definition) is 0. The van der Waals surface area contributed by atoms with Crippen LogP contribution in [0.15, 0.2) is 36.4 Å². The van der Waals surface area contributed by atoms with Crippen LogP contribution in [0.4, 0.5) is 4.39 Å². The fourth-order valence-corrected chi connectivity index (χ4v) is 2.29. The van der Waals surface area contributed by atoms with Crippen molar-refractivity contribution in [2.24, 2.45) is 0 Å². The predicted octanol–water partition coefficient (Wildman–Crippen LogP) is 4.52. The summed E-state index contributed by atoms with van der Waals surface area (Å²) in [6.07, 6.45) is 1.06. The van der Waals surface area contributed by atoms with Gasteiger partial charge in [-0.2, -0.15) is 5.26 Å².